The first kappa shape index (κ1) is 20.7. The van der Waals surface area contributed by atoms with Gasteiger partial charge >= 0.3 is 11.9 Å². The average Bonchev–Trinajstić information content (AvgIpc) is 3.06. The molecule has 0 aliphatic carbocycles. The SMILES string of the molecule is CCOC(=O)c1sc2cccc(F)c2c1COC(=O)c1ccc(Cl)cc1[N+](=O)[O-]. The van der Waals surface area contributed by atoms with E-state index < -0.39 is 35.0 Å². The van der Waals surface area contributed by atoms with E-state index in [2.05, 4.69) is 0 Å². The van der Waals surface area contributed by atoms with Crippen molar-refractivity contribution in [1.82, 2.24) is 0 Å². The van der Waals surface area contributed by atoms with E-state index in [1.807, 2.05) is 0 Å². The van der Waals surface area contributed by atoms with Crippen molar-refractivity contribution >= 4 is 50.6 Å². The Balaban J connectivity index is 1.96. The van der Waals surface area contributed by atoms with Gasteiger partial charge in [0.25, 0.3) is 5.69 Å². The minimum Gasteiger partial charge on any atom is -0.462 e. The summed E-state index contributed by atoms with van der Waals surface area (Å²) < 4.78 is 25.0. The number of nitro groups is 1. The molecule has 0 atom stereocenters. The second-order valence-electron chi connectivity index (χ2n) is 5.74. The number of halogens is 2. The molecule has 0 amide bonds. The van der Waals surface area contributed by atoms with Gasteiger partial charge in [-0.1, -0.05) is 17.7 Å². The molecule has 7 nitrogen and oxygen atoms in total. The van der Waals surface area contributed by atoms with Crippen molar-refractivity contribution in [2.45, 2.75) is 13.5 Å². The molecule has 3 aromatic rings. The van der Waals surface area contributed by atoms with Crippen LogP contribution in [0.5, 0.6) is 0 Å². The molecule has 0 aliphatic rings. The molecule has 2 aromatic carbocycles. The molecule has 0 N–H and O–H groups in total. The first-order valence-electron chi connectivity index (χ1n) is 8.31. The van der Waals surface area contributed by atoms with Crippen LogP contribution in [0.4, 0.5) is 10.1 Å². The lowest BCUT2D eigenvalue weighted by atomic mass is 10.1. The predicted molar refractivity (Wildman–Crippen MR) is 105 cm³/mol. The minimum absolute atomic E-state index is 0.0868. The summed E-state index contributed by atoms with van der Waals surface area (Å²) in [5, 5.41) is 11.4. The minimum atomic E-state index is -1.00. The first-order valence-corrected chi connectivity index (χ1v) is 9.51. The number of nitrogens with zero attached hydrogens (tertiary/aromatic N) is 1. The smallest absolute Gasteiger partial charge is 0.348 e. The topological polar surface area (TPSA) is 95.7 Å². The van der Waals surface area contributed by atoms with Gasteiger partial charge in [0, 0.05) is 26.7 Å². The van der Waals surface area contributed by atoms with Crippen molar-refractivity contribution < 1.29 is 28.4 Å². The third-order valence-electron chi connectivity index (χ3n) is 3.95. The number of esters is 2. The van der Waals surface area contributed by atoms with Gasteiger partial charge in [-0.15, -0.1) is 11.3 Å². The van der Waals surface area contributed by atoms with E-state index in [1.54, 1.807) is 13.0 Å². The van der Waals surface area contributed by atoms with Crippen molar-refractivity contribution in [3.05, 3.63) is 73.4 Å². The lowest BCUT2D eigenvalue weighted by Crippen LogP contribution is -2.11. The first-order chi connectivity index (χ1) is 13.8. The van der Waals surface area contributed by atoms with Crippen molar-refractivity contribution in [3.63, 3.8) is 0 Å². The maximum Gasteiger partial charge on any atom is 0.348 e. The lowest BCUT2D eigenvalue weighted by Gasteiger charge is -2.08. The number of rotatable bonds is 6. The van der Waals surface area contributed by atoms with Gasteiger partial charge in [0.15, 0.2) is 0 Å². The quantitative estimate of drug-likeness (QED) is 0.301. The molecular weight excluding hydrogens is 425 g/mol. The Kier molecular flexibility index (Phi) is 6.09. The number of hydrogen-bond donors (Lipinski definition) is 0. The zero-order valence-corrected chi connectivity index (χ0v) is 16.5. The van der Waals surface area contributed by atoms with Crippen LogP contribution < -0.4 is 0 Å². The molecule has 0 radical (unpaired) electrons. The van der Waals surface area contributed by atoms with Crippen molar-refractivity contribution in [2.75, 3.05) is 6.61 Å². The average molecular weight is 438 g/mol. The van der Waals surface area contributed by atoms with Crippen molar-refractivity contribution in [2.24, 2.45) is 0 Å². The fourth-order valence-corrected chi connectivity index (χ4v) is 3.99. The monoisotopic (exact) mass is 437 g/mol. The fourth-order valence-electron chi connectivity index (χ4n) is 2.71. The van der Waals surface area contributed by atoms with E-state index in [0.717, 1.165) is 17.4 Å². The number of fused-ring (bicyclic) bond motifs is 1. The summed E-state index contributed by atoms with van der Waals surface area (Å²) in [6, 6.07) is 7.86. The molecule has 0 aliphatic heterocycles. The molecule has 0 saturated carbocycles. The van der Waals surface area contributed by atoms with Gasteiger partial charge in [0.2, 0.25) is 0 Å². The Morgan fingerprint density at radius 2 is 1.97 bits per heavy atom. The third kappa shape index (κ3) is 4.20. The highest BCUT2D eigenvalue weighted by atomic mass is 35.5. The Bertz CT molecular complexity index is 1130. The van der Waals surface area contributed by atoms with Crippen LogP contribution in [0.1, 0.15) is 32.5 Å². The van der Waals surface area contributed by atoms with E-state index in [1.165, 1.54) is 24.3 Å². The van der Waals surface area contributed by atoms with Crippen LogP contribution in [-0.4, -0.2) is 23.5 Å². The van der Waals surface area contributed by atoms with E-state index in [4.69, 9.17) is 21.1 Å². The second-order valence-corrected chi connectivity index (χ2v) is 7.23. The number of nitro benzene ring substituents is 1. The molecule has 0 spiro atoms. The summed E-state index contributed by atoms with van der Waals surface area (Å²) in [6.07, 6.45) is 0. The zero-order valence-electron chi connectivity index (χ0n) is 14.9. The van der Waals surface area contributed by atoms with E-state index >= 15 is 0 Å². The molecular formula is C19H13ClFNO6S. The van der Waals surface area contributed by atoms with Gasteiger partial charge in [-0.2, -0.15) is 0 Å². The Labute approximate surface area is 172 Å². The van der Waals surface area contributed by atoms with Gasteiger partial charge in [-0.3, -0.25) is 10.1 Å². The van der Waals surface area contributed by atoms with Gasteiger partial charge in [-0.25, -0.2) is 14.0 Å². The molecule has 1 aromatic heterocycles. The highest BCUT2D eigenvalue weighted by Crippen LogP contribution is 2.35. The lowest BCUT2D eigenvalue weighted by molar-refractivity contribution is -0.385. The number of carbonyl (C=O) groups is 2. The van der Waals surface area contributed by atoms with Gasteiger partial charge < -0.3 is 9.47 Å². The van der Waals surface area contributed by atoms with Gasteiger partial charge in [0.05, 0.1) is 11.5 Å². The third-order valence-corrected chi connectivity index (χ3v) is 5.36. The number of ether oxygens (including phenoxy) is 2. The van der Waals surface area contributed by atoms with Crippen molar-refractivity contribution in [3.8, 4) is 0 Å². The number of carbonyl (C=O) groups excluding carboxylic acids is 2. The van der Waals surface area contributed by atoms with E-state index in [-0.39, 0.29) is 33.0 Å². The number of benzene rings is 2. The number of thiophene rings is 1. The predicted octanol–water partition coefficient (Wildman–Crippen LogP) is 5.14. The summed E-state index contributed by atoms with van der Waals surface area (Å²) in [6.45, 7) is 1.28. The molecule has 29 heavy (non-hydrogen) atoms. The molecule has 1 heterocycles. The fraction of sp³-hybridized carbons (Fsp3) is 0.158. The summed E-state index contributed by atoms with van der Waals surface area (Å²) in [5.74, 6) is -2.26. The van der Waals surface area contributed by atoms with Crippen LogP contribution in [0.25, 0.3) is 10.1 Å². The van der Waals surface area contributed by atoms with Crippen LogP contribution in [0.15, 0.2) is 36.4 Å². The largest absolute Gasteiger partial charge is 0.462 e. The second kappa shape index (κ2) is 8.54. The number of hydrogen-bond acceptors (Lipinski definition) is 7. The summed E-state index contributed by atoms with van der Waals surface area (Å²) in [5.41, 5.74) is -0.682. The highest BCUT2D eigenvalue weighted by molar-refractivity contribution is 7.21. The molecule has 10 heteroatoms. The molecule has 0 unspecified atom stereocenters. The van der Waals surface area contributed by atoms with Crippen molar-refractivity contribution in [1.29, 1.82) is 0 Å². The Morgan fingerprint density at radius 3 is 2.66 bits per heavy atom. The van der Waals surface area contributed by atoms with E-state index in [0.29, 0.717) is 4.70 Å². The summed E-state index contributed by atoms with van der Waals surface area (Å²) >= 11 is 6.76. The van der Waals surface area contributed by atoms with Crippen LogP contribution >= 0.6 is 22.9 Å². The summed E-state index contributed by atoms with van der Waals surface area (Å²) in [7, 11) is 0. The van der Waals surface area contributed by atoms with Gasteiger partial charge in [-0.05, 0) is 31.2 Å². The Hall–Kier alpha value is -3.04. The normalized spacial score (nSPS) is 10.7. The zero-order chi connectivity index (χ0) is 21.1. The van der Waals surface area contributed by atoms with Crippen LogP contribution in [0.3, 0.4) is 0 Å². The molecule has 0 saturated heterocycles. The summed E-state index contributed by atoms with van der Waals surface area (Å²) in [4.78, 5) is 35.2. The molecule has 0 bridgehead atoms. The Morgan fingerprint density at radius 1 is 1.21 bits per heavy atom. The van der Waals surface area contributed by atoms with Crippen LogP contribution in [0.2, 0.25) is 5.02 Å². The van der Waals surface area contributed by atoms with Crippen LogP contribution in [-0.2, 0) is 16.1 Å². The maximum absolute atomic E-state index is 14.4. The highest BCUT2D eigenvalue weighted by Gasteiger charge is 2.25. The van der Waals surface area contributed by atoms with Gasteiger partial charge in [0.1, 0.15) is 22.9 Å². The van der Waals surface area contributed by atoms with E-state index in [9.17, 15) is 24.1 Å². The standard InChI is InChI=1S/C19H13ClFNO6S/c1-2-27-19(24)17-12(16-13(21)4-3-5-15(16)29-17)9-28-18(23)11-7-6-10(20)8-14(11)22(25)26/h3-8H,2,9H2,1H3. The van der Waals surface area contributed by atoms with Crippen LogP contribution in [0, 0.1) is 15.9 Å². The molecule has 3 rings (SSSR count). The maximum atomic E-state index is 14.4. The molecule has 150 valence electrons. The molecule has 0 fully saturated rings.